The fourth-order valence-corrected chi connectivity index (χ4v) is 4.13. The molecule has 0 atom stereocenters. The van der Waals surface area contributed by atoms with Crippen LogP contribution in [0.25, 0.3) is 10.9 Å². The number of carbonyl (C=O) groups is 1. The molecular weight excluding hydrogens is 528 g/mol. The summed E-state index contributed by atoms with van der Waals surface area (Å²) in [6.07, 6.45) is 1.54. The lowest BCUT2D eigenvalue weighted by molar-refractivity contribution is -0.116. The van der Waals surface area contributed by atoms with Crippen LogP contribution in [0.5, 0.6) is 5.88 Å². The summed E-state index contributed by atoms with van der Waals surface area (Å²) in [5.41, 5.74) is 0.916. The van der Waals surface area contributed by atoms with Gasteiger partial charge in [-0.1, -0.05) is 11.6 Å². The molecule has 0 bridgehead atoms. The summed E-state index contributed by atoms with van der Waals surface area (Å²) < 4.78 is 29.4. The Labute approximate surface area is 215 Å². The predicted molar refractivity (Wildman–Crippen MR) is 138 cm³/mol. The Hall–Kier alpha value is -3.78. The second kappa shape index (κ2) is 10.5. The fourth-order valence-electron chi connectivity index (χ4n) is 3.33. The van der Waals surface area contributed by atoms with E-state index in [2.05, 4.69) is 20.9 Å². The number of sulfonamides is 1. The van der Waals surface area contributed by atoms with E-state index in [0.29, 0.717) is 33.9 Å². The molecule has 4 rings (SSSR count). The topological polar surface area (TPSA) is 164 Å². The molecule has 14 heteroatoms. The molecule has 11 nitrogen and oxygen atoms in total. The van der Waals surface area contributed by atoms with Crippen LogP contribution in [0.1, 0.15) is 5.76 Å². The summed E-state index contributed by atoms with van der Waals surface area (Å²) in [6, 6.07) is 13.7. The number of azo groups is 1. The number of hydrogen-bond acceptors (Lipinski definition) is 7. The first-order chi connectivity index (χ1) is 17.1. The van der Waals surface area contributed by atoms with Crippen LogP contribution in [0.2, 0.25) is 5.02 Å². The number of aromatic nitrogens is 1. The molecule has 2 heterocycles. The van der Waals surface area contributed by atoms with E-state index in [9.17, 15) is 18.3 Å². The number of nitrogens with two attached hydrogens (primary N) is 1. The van der Waals surface area contributed by atoms with Gasteiger partial charge in [-0.3, -0.25) is 4.79 Å². The first-order valence-electron chi connectivity index (χ1n) is 10.3. The van der Waals surface area contributed by atoms with E-state index in [1.807, 2.05) is 0 Å². The third-order valence-electron chi connectivity index (χ3n) is 4.98. The minimum absolute atomic E-state index is 0.0643. The number of primary sulfonamides is 1. The van der Waals surface area contributed by atoms with Crippen molar-refractivity contribution in [3.8, 4) is 5.88 Å². The van der Waals surface area contributed by atoms with Gasteiger partial charge in [0.1, 0.15) is 12.3 Å². The number of benzene rings is 2. The summed E-state index contributed by atoms with van der Waals surface area (Å²) >= 11 is 11.3. The van der Waals surface area contributed by atoms with Crippen molar-refractivity contribution in [1.82, 2.24) is 9.88 Å². The number of anilines is 1. The van der Waals surface area contributed by atoms with Crippen LogP contribution >= 0.6 is 23.8 Å². The zero-order chi connectivity index (χ0) is 25.9. The Bertz CT molecular complexity index is 1560. The van der Waals surface area contributed by atoms with Crippen LogP contribution in [0.3, 0.4) is 0 Å². The highest BCUT2D eigenvalue weighted by Crippen LogP contribution is 2.40. The molecule has 0 saturated carbocycles. The number of nitrogens with one attached hydrogen (secondary N) is 2. The smallest absolute Gasteiger partial charge is 0.244 e. The highest BCUT2D eigenvalue weighted by molar-refractivity contribution is 7.89. The number of hydrogen-bond donors (Lipinski definition) is 4. The third-order valence-corrected chi connectivity index (χ3v) is 6.37. The average molecular weight is 547 g/mol. The van der Waals surface area contributed by atoms with Gasteiger partial charge in [0.05, 0.1) is 23.2 Å². The second-order valence-electron chi connectivity index (χ2n) is 7.48. The Morgan fingerprint density at radius 2 is 1.94 bits per heavy atom. The first kappa shape index (κ1) is 25.3. The second-order valence-corrected chi connectivity index (χ2v) is 9.86. The summed E-state index contributed by atoms with van der Waals surface area (Å²) in [7, 11) is -3.85. The van der Waals surface area contributed by atoms with Crippen molar-refractivity contribution in [2.24, 2.45) is 15.4 Å². The minimum atomic E-state index is -3.85. The molecule has 0 unspecified atom stereocenters. The molecule has 0 radical (unpaired) electrons. The van der Waals surface area contributed by atoms with Gasteiger partial charge in [0.15, 0.2) is 5.69 Å². The molecule has 0 spiro atoms. The van der Waals surface area contributed by atoms with Gasteiger partial charge in [-0.15, -0.1) is 10.2 Å². The molecule has 0 fully saturated rings. The number of halogens is 1. The van der Waals surface area contributed by atoms with E-state index < -0.39 is 15.9 Å². The molecule has 0 aliphatic carbocycles. The molecular formula is C22H19ClN6O5S2. The zero-order valence-corrected chi connectivity index (χ0v) is 20.8. The van der Waals surface area contributed by atoms with E-state index in [1.165, 1.54) is 35.1 Å². The average Bonchev–Trinajstić information content (AvgIpc) is 3.43. The number of aromatic hydroxyl groups is 1. The lowest BCUT2D eigenvalue weighted by Crippen LogP contribution is -2.18. The summed E-state index contributed by atoms with van der Waals surface area (Å²) in [5, 5.41) is 30.4. The molecule has 0 saturated heterocycles. The summed E-state index contributed by atoms with van der Waals surface area (Å²) in [6.45, 7) is 0.0282. The van der Waals surface area contributed by atoms with E-state index in [-0.39, 0.29) is 28.1 Å². The Balaban J connectivity index is 1.54. The van der Waals surface area contributed by atoms with Crippen molar-refractivity contribution < 1.29 is 22.7 Å². The number of thiocarbonyl (C=S) groups is 1. The molecule has 2 aromatic carbocycles. The molecule has 36 heavy (non-hydrogen) atoms. The van der Waals surface area contributed by atoms with Gasteiger partial charge >= 0.3 is 0 Å². The lowest BCUT2D eigenvalue weighted by atomic mass is 10.2. The maximum absolute atomic E-state index is 12.7. The van der Waals surface area contributed by atoms with Gasteiger partial charge in [0.25, 0.3) is 0 Å². The Kier molecular flexibility index (Phi) is 7.35. The molecule has 1 amide bonds. The van der Waals surface area contributed by atoms with Crippen molar-refractivity contribution in [2.75, 3.05) is 5.32 Å². The van der Waals surface area contributed by atoms with Crippen LogP contribution in [0.15, 0.2) is 80.4 Å². The van der Waals surface area contributed by atoms with Gasteiger partial charge < -0.3 is 24.7 Å². The Morgan fingerprint density at radius 1 is 1.19 bits per heavy atom. The van der Waals surface area contributed by atoms with Gasteiger partial charge in [-0.2, -0.15) is 0 Å². The standard InChI is InChI=1S/C22H19ClN6O5S2/c23-13-3-8-18-17(10-13)20(27-28-22(35)25-11-15-2-1-9-34-15)21(31)29(18)12-19(30)26-14-4-6-16(7-5-14)36(24,32)33/h1-10,31H,11-12H2,(H,25,35)(H,26,30)(H2,24,32,33). The summed E-state index contributed by atoms with van der Waals surface area (Å²) in [4.78, 5) is 12.6. The number of fused-ring (bicyclic) bond motifs is 1. The number of carbonyl (C=O) groups excluding carboxylic acids is 1. The van der Waals surface area contributed by atoms with Crippen LogP contribution in [-0.4, -0.2) is 29.1 Å². The normalized spacial score (nSPS) is 11.7. The molecule has 2 aromatic heterocycles. The van der Waals surface area contributed by atoms with Gasteiger partial charge in [0, 0.05) is 16.1 Å². The maximum atomic E-state index is 12.7. The highest BCUT2D eigenvalue weighted by Gasteiger charge is 2.19. The van der Waals surface area contributed by atoms with E-state index in [1.54, 1.807) is 30.3 Å². The largest absolute Gasteiger partial charge is 0.493 e. The summed E-state index contributed by atoms with van der Waals surface area (Å²) in [5.74, 6) is -0.145. The highest BCUT2D eigenvalue weighted by atomic mass is 35.5. The molecule has 4 aromatic rings. The van der Waals surface area contributed by atoms with Gasteiger partial charge in [-0.05, 0) is 66.8 Å². The monoisotopic (exact) mass is 546 g/mol. The molecule has 0 aliphatic heterocycles. The SMILES string of the molecule is NS(=O)(=O)c1ccc(NC(=O)Cn2c(O)c(N=NC(=S)NCc3ccco3)c3cc(Cl)ccc32)cc1. The van der Waals surface area contributed by atoms with Crippen LogP contribution in [-0.2, 0) is 27.9 Å². The predicted octanol–water partition coefficient (Wildman–Crippen LogP) is 4.04. The third kappa shape index (κ3) is 5.88. The first-order valence-corrected chi connectivity index (χ1v) is 12.6. The lowest BCUT2D eigenvalue weighted by Gasteiger charge is -2.09. The van der Waals surface area contributed by atoms with E-state index in [0.717, 1.165) is 0 Å². The van der Waals surface area contributed by atoms with E-state index >= 15 is 0 Å². The van der Waals surface area contributed by atoms with Gasteiger partial charge in [-0.25, -0.2) is 13.6 Å². The number of amides is 1. The number of rotatable bonds is 7. The molecule has 186 valence electrons. The maximum Gasteiger partial charge on any atom is 0.244 e. The molecule has 0 aliphatic rings. The number of furan rings is 1. The zero-order valence-electron chi connectivity index (χ0n) is 18.4. The molecule has 5 N–H and O–H groups in total. The fraction of sp³-hybridized carbons (Fsp3) is 0.0909. The number of nitrogens with zero attached hydrogens (tertiary/aromatic N) is 3. The van der Waals surface area contributed by atoms with Crippen molar-refractivity contribution in [2.45, 2.75) is 18.0 Å². The van der Waals surface area contributed by atoms with Gasteiger partial charge in [0.2, 0.25) is 26.9 Å². The van der Waals surface area contributed by atoms with Crippen LogP contribution in [0, 0.1) is 0 Å². The van der Waals surface area contributed by atoms with Crippen molar-refractivity contribution in [1.29, 1.82) is 0 Å². The van der Waals surface area contributed by atoms with Crippen LogP contribution < -0.4 is 15.8 Å². The van der Waals surface area contributed by atoms with Crippen molar-refractivity contribution >= 4 is 67.1 Å². The quantitative estimate of drug-likeness (QED) is 0.200. The van der Waals surface area contributed by atoms with E-state index in [4.69, 9.17) is 33.4 Å². The van der Waals surface area contributed by atoms with Crippen molar-refractivity contribution in [3.05, 3.63) is 71.6 Å². The minimum Gasteiger partial charge on any atom is -0.493 e. The van der Waals surface area contributed by atoms with Crippen LogP contribution in [0.4, 0.5) is 11.4 Å². The Morgan fingerprint density at radius 3 is 2.61 bits per heavy atom. The van der Waals surface area contributed by atoms with Crippen molar-refractivity contribution in [3.63, 3.8) is 0 Å².